The molecule has 176 valence electrons. The molecule has 7 heteroatoms. The van der Waals surface area contributed by atoms with Crippen LogP contribution in [0.3, 0.4) is 0 Å². The fourth-order valence-electron chi connectivity index (χ4n) is 4.81. The van der Waals surface area contributed by atoms with Gasteiger partial charge in [-0.3, -0.25) is 0 Å². The standard InChI is InChI=1S/C27H26O7/c1-31-21-15-9-8-14-20(21)23-26(29)24(33-25(28)19-12-6-3-7-13-19)22(34-27(23,26)30)17-32-16-18-10-4-2-5-11-18/h2-15,22-24,29-30H,16-17H2,1H3/t22-,23?,24-,26-,27+/m1/s1. The Morgan fingerprint density at radius 2 is 1.59 bits per heavy atom. The Labute approximate surface area is 197 Å². The van der Waals surface area contributed by atoms with Crippen LogP contribution in [0.2, 0.25) is 0 Å². The largest absolute Gasteiger partial charge is 0.496 e. The number of methoxy groups -OCH3 is 1. The molecule has 0 bridgehead atoms. The van der Waals surface area contributed by atoms with Gasteiger partial charge in [0.05, 0.1) is 31.8 Å². The summed E-state index contributed by atoms with van der Waals surface area (Å²) in [5.41, 5.74) is 0.0135. The molecule has 3 aromatic carbocycles. The maximum atomic E-state index is 12.9. The summed E-state index contributed by atoms with van der Waals surface area (Å²) in [5.74, 6) is -2.91. The van der Waals surface area contributed by atoms with Gasteiger partial charge < -0.3 is 29.2 Å². The molecule has 1 heterocycles. The maximum Gasteiger partial charge on any atom is 0.338 e. The number of carbonyl (C=O) groups is 1. The lowest BCUT2D eigenvalue weighted by Gasteiger charge is -2.26. The molecule has 2 N–H and O–H groups in total. The highest BCUT2D eigenvalue weighted by molar-refractivity contribution is 5.89. The molecule has 1 aliphatic heterocycles. The van der Waals surface area contributed by atoms with Crippen LogP contribution in [0.4, 0.5) is 0 Å². The third-order valence-electron chi connectivity index (χ3n) is 6.51. The van der Waals surface area contributed by atoms with E-state index in [2.05, 4.69) is 0 Å². The molecule has 2 aliphatic rings. The molecule has 1 saturated carbocycles. The van der Waals surface area contributed by atoms with Crippen molar-refractivity contribution in [3.63, 3.8) is 0 Å². The summed E-state index contributed by atoms with van der Waals surface area (Å²) in [4.78, 5) is 12.9. The summed E-state index contributed by atoms with van der Waals surface area (Å²) in [6.45, 7) is 0.331. The van der Waals surface area contributed by atoms with E-state index in [0.717, 1.165) is 5.56 Å². The van der Waals surface area contributed by atoms with Crippen LogP contribution in [-0.4, -0.2) is 53.5 Å². The van der Waals surface area contributed by atoms with E-state index >= 15 is 0 Å². The Hall–Kier alpha value is -3.23. The quantitative estimate of drug-likeness (QED) is 0.497. The number of hydrogen-bond donors (Lipinski definition) is 2. The van der Waals surface area contributed by atoms with Gasteiger partial charge in [0.1, 0.15) is 11.9 Å². The average Bonchev–Trinajstić information content (AvgIpc) is 3.27. The third-order valence-corrected chi connectivity index (χ3v) is 6.51. The van der Waals surface area contributed by atoms with Crippen molar-refractivity contribution < 1.29 is 34.0 Å². The summed E-state index contributed by atoms with van der Waals surface area (Å²) in [6.07, 6.45) is -2.02. The van der Waals surface area contributed by atoms with E-state index in [1.165, 1.54) is 7.11 Å². The summed E-state index contributed by atoms with van der Waals surface area (Å²) in [5, 5.41) is 23.0. The molecular weight excluding hydrogens is 436 g/mol. The molecule has 0 radical (unpaired) electrons. The normalized spacial score (nSPS) is 29.3. The number of rotatable bonds is 8. The van der Waals surface area contributed by atoms with Gasteiger partial charge in [-0.05, 0) is 23.8 Å². The number of benzene rings is 3. The van der Waals surface area contributed by atoms with Gasteiger partial charge in [0.15, 0.2) is 11.7 Å². The molecule has 1 saturated heterocycles. The van der Waals surface area contributed by atoms with Crippen LogP contribution in [-0.2, 0) is 20.8 Å². The highest BCUT2D eigenvalue weighted by Crippen LogP contribution is 2.69. The molecule has 1 aliphatic carbocycles. The fourth-order valence-corrected chi connectivity index (χ4v) is 4.81. The molecule has 2 fully saturated rings. The molecule has 3 aromatic rings. The van der Waals surface area contributed by atoms with Gasteiger partial charge in [0, 0.05) is 5.56 Å². The van der Waals surface area contributed by atoms with Gasteiger partial charge in [-0.15, -0.1) is 0 Å². The first-order valence-corrected chi connectivity index (χ1v) is 11.1. The minimum absolute atomic E-state index is 0.0187. The first kappa shape index (κ1) is 22.6. The Morgan fingerprint density at radius 1 is 0.941 bits per heavy atom. The Bertz CT molecular complexity index is 1150. The smallest absolute Gasteiger partial charge is 0.338 e. The second-order valence-corrected chi connectivity index (χ2v) is 8.55. The van der Waals surface area contributed by atoms with Crippen LogP contribution < -0.4 is 4.74 Å². The predicted molar refractivity (Wildman–Crippen MR) is 122 cm³/mol. The lowest BCUT2D eigenvalue weighted by molar-refractivity contribution is -0.167. The van der Waals surface area contributed by atoms with E-state index in [9.17, 15) is 15.0 Å². The van der Waals surface area contributed by atoms with Crippen molar-refractivity contribution in [3.05, 3.63) is 102 Å². The van der Waals surface area contributed by atoms with Crippen LogP contribution in [0.15, 0.2) is 84.9 Å². The minimum Gasteiger partial charge on any atom is -0.496 e. The highest BCUT2D eigenvalue weighted by atomic mass is 16.7. The van der Waals surface area contributed by atoms with Crippen molar-refractivity contribution in [3.8, 4) is 5.75 Å². The monoisotopic (exact) mass is 462 g/mol. The molecule has 0 amide bonds. The number of para-hydroxylation sites is 1. The molecule has 0 spiro atoms. The Morgan fingerprint density at radius 3 is 2.29 bits per heavy atom. The van der Waals surface area contributed by atoms with E-state index in [1.54, 1.807) is 54.6 Å². The van der Waals surface area contributed by atoms with Gasteiger partial charge in [-0.25, -0.2) is 4.79 Å². The van der Waals surface area contributed by atoms with Crippen molar-refractivity contribution in [1.82, 2.24) is 0 Å². The SMILES string of the molecule is COc1ccccc1C1[C@]2(O)O[C@H](COCc3ccccc3)[C@@H](OC(=O)c3ccccc3)[C@]12O. The van der Waals surface area contributed by atoms with Gasteiger partial charge >= 0.3 is 5.97 Å². The summed E-state index contributed by atoms with van der Waals surface area (Å²) in [7, 11) is 1.51. The van der Waals surface area contributed by atoms with Crippen LogP contribution in [0.25, 0.3) is 0 Å². The topological polar surface area (TPSA) is 94.5 Å². The van der Waals surface area contributed by atoms with Crippen LogP contribution in [0.5, 0.6) is 5.75 Å². The molecule has 1 unspecified atom stereocenters. The van der Waals surface area contributed by atoms with E-state index in [4.69, 9.17) is 18.9 Å². The van der Waals surface area contributed by atoms with Crippen molar-refractivity contribution in [2.24, 2.45) is 0 Å². The van der Waals surface area contributed by atoms with Crippen molar-refractivity contribution in [2.45, 2.75) is 36.1 Å². The number of esters is 1. The van der Waals surface area contributed by atoms with E-state index in [1.807, 2.05) is 30.3 Å². The maximum absolute atomic E-state index is 12.9. The zero-order chi connectivity index (χ0) is 23.8. The number of hydrogen-bond acceptors (Lipinski definition) is 7. The fraction of sp³-hybridized carbons (Fsp3) is 0.296. The van der Waals surface area contributed by atoms with Crippen LogP contribution in [0, 0.1) is 0 Å². The lowest BCUT2D eigenvalue weighted by atomic mass is 9.99. The lowest BCUT2D eigenvalue weighted by Crippen LogP contribution is -2.43. The Balaban J connectivity index is 1.40. The van der Waals surface area contributed by atoms with E-state index in [0.29, 0.717) is 23.5 Å². The third kappa shape index (κ3) is 3.67. The second-order valence-electron chi connectivity index (χ2n) is 8.55. The summed E-state index contributed by atoms with van der Waals surface area (Å²) in [6, 6.07) is 25.1. The highest BCUT2D eigenvalue weighted by Gasteiger charge is 2.89. The molecular formula is C27H26O7. The van der Waals surface area contributed by atoms with Gasteiger partial charge in [0.25, 0.3) is 0 Å². The van der Waals surface area contributed by atoms with E-state index in [-0.39, 0.29) is 6.61 Å². The molecule has 7 nitrogen and oxygen atoms in total. The number of ether oxygens (including phenoxy) is 4. The first-order chi connectivity index (χ1) is 16.5. The molecule has 34 heavy (non-hydrogen) atoms. The van der Waals surface area contributed by atoms with Crippen molar-refractivity contribution in [2.75, 3.05) is 13.7 Å². The molecule has 0 aromatic heterocycles. The van der Waals surface area contributed by atoms with E-state index < -0.39 is 35.5 Å². The Kier molecular flexibility index (Phi) is 5.87. The van der Waals surface area contributed by atoms with Crippen molar-refractivity contribution in [1.29, 1.82) is 0 Å². The second kappa shape index (κ2) is 8.85. The first-order valence-electron chi connectivity index (χ1n) is 11.1. The molecule has 5 atom stereocenters. The number of carbonyl (C=O) groups excluding carboxylic acids is 1. The zero-order valence-electron chi connectivity index (χ0n) is 18.7. The number of aliphatic hydroxyl groups is 2. The summed E-state index contributed by atoms with van der Waals surface area (Å²) >= 11 is 0. The summed E-state index contributed by atoms with van der Waals surface area (Å²) < 4.78 is 22.9. The predicted octanol–water partition coefficient (Wildman–Crippen LogP) is 3.05. The van der Waals surface area contributed by atoms with Gasteiger partial charge in [-0.1, -0.05) is 66.7 Å². The van der Waals surface area contributed by atoms with Crippen LogP contribution >= 0.6 is 0 Å². The minimum atomic E-state index is -1.94. The van der Waals surface area contributed by atoms with Gasteiger partial charge in [-0.2, -0.15) is 0 Å². The van der Waals surface area contributed by atoms with Crippen LogP contribution in [0.1, 0.15) is 27.4 Å². The zero-order valence-corrected chi connectivity index (χ0v) is 18.7. The van der Waals surface area contributed by atoms with Crippen molar-refractivity contribution >= 4 is 5.97 Å². The average molecular weight is 462 g/mol. The molecule has 5 rings (SSSR count). The van der Waals surface area contributed by atoms with Gasteiger partial charge in [0.2, 0.25) is 5.79 Å². The number of fused-ring (bicyclic) bond motifs is 1.